The van der Waals surface area contributed by atoms with Crippen molar-refractivity contribution >= 4 is 5.91 Å². The number of carbonyl (C=O) groups is 1. The van der Waals surface area contributed by atoms with E-state index in [2.05, 4.69) is 6.58 Å². The van der Waals surface area contributed by atoms with Gasteiger partial charge in [0.05, 0.1) is 5.57 Å². The van der Waals surface area contributed by atoms with Gasteiger partial charge in [0.15, 0.2) is 5.79 Å². The molecule has 2 N–H and O–H groups in total. The summed E-state index contributed by atoms with van der Waals surface area (Å²) in [5, 5.41) is 0. The fourth-order valence-corrected chi connectivity index (χ4v) is 0.991. The molecular weight excluding hydrogens is 170 g/mol. The van der Waals surface area contributed by atoms with Crippen molar-refractivity contribution in [2.45, 2.75) is 26.6 Å². The number of hydrogen-bond donors (Lipinski definition) is 1. The first-order valence-electron chi connectivity index (χ1n) is 4.25. The van der Waals surface area contributed by atoms with Gasteiger partial charge < -0.3 is 15.2 Å². The van der Waals surface area contributed by atoms with Gasteiger partial charge in [0.2, 0.25) is 5.91 Å². The molecule has 0 saturated carbocycles. The van der Waals surface area contributed by atoms with Crippen molar-refractivity contribution in [2.75, 3.05) is 13.2 Å². The molecule has 4 heteroatoms. The van der Waals surface area contributed by atoms with Crippen LogP contribution in [0.25, 0.3) is 0 Å². The topological polar surface area (TPSA) is 61.6 Å². The average molecular weight is 187 g/mol. The van der Waals surface area contributed by atoms with Gasteiger partial charge in [0.25, 0.3) is 0 Å². The molecule has 0 heterocycles. The monoisotopic (exact) mass is 187 g/mol. The van der Waals surface area contributed by atoms with E-state index in [1.807, 2.05) is 13.8 Å². The molecule has 0 saturated heterocycles. The van der Waals surface area contributed by atoms with Gasteiger partial charge in [-0.2, -0.15) is 0 Å². The highest BCUT2D eigenvalue weighted by Crippen LogP contribution is 2.21. The number of primary amides is 1. The molecule has 0 aliphatic rings. The molecule has 4 nitrogen and oxygen atoms in total. The molecule has 0 aromatic heterocycles. The lowest BCUT2D eigenvalue weighted by Crippen LogP contribution is -2.39. The van der Waals surface area contributed by atoms with Gasteiger partial charge >= 0.3 is 0 Å². The maximum atomic E-state index is 10.9. The van der Waals surface area contributed by atoms with Crippen LogP contribution in [0, 0.1) is 0 Å². The highest BCUT2D eigenvalue weighted by Gasteiger charge is 2.31. The molecule has 76 valence electrons. The van der Waals surface area contributed by atoms with Crippen LogP contribution in [0.1, 0.15) is 20.8 Å². The van der Waals surface area contributed by atoms with Crippen LogP contribution in [-0.4, -0.2) is 24.9 Å². The first-order valence-corrected chi connectivity index (χ1v) is 4.25. The van der Waals surface area contributed by atoms with Crippen LogP contribution in [0.2, 0.25) is 0 Å². The maximum Gasteiger partial charge on any atom is 0.249 e. The van der Waals surface area contributed by atoms with Crippen molar-refractivity contribution < 1.29 is 14.3 Å². The van der Waals surface area contributed by atoms with Crippen LogP contribution >= 0.6 is 0 Å². The van der Waals surface area contributed by atoms with Gasteiger partial charge in [-0.15, -0.1) is 0 Å². The summed E-state index contributed by atoms with van der Waals surface area (Å²) in [6.45, 7) is 9.66. The molecular formula is C9H17NO3. The van der Waals surface area contributed by atoms with Gasteiger partial charge in [0, 0.05) is 13.2 Å². The number of amides is 1. The van der Waals surface area contributed by atoms with Gasteiger partial charge in [-0.25, -0.2) is 0 Å². The van der Waals surface area contributed by atoms with Crippen molar-refractivity contribution in [3.8, 4) is 0 Å². The van der Waals surface area contributed by atoms with Crippen LogP contribution in [0.15, 0.2) is 12.2 Å². The van der Waals surface area contributed by atoms with Crippen LogP contribution < -0.4 is 5.73 Å². The predicted molar refractivity (Wildman–Crippen MR) is 50.0 cm³/mol. The first-order chi connectivity index (χ1) is 5.98. The molecule has 0 spiro atoms. The Labute approximate surface area is 78.7 Å². The van der Waals surface area contributed by atoms with Crippen LogP contribution in [0.4, 0.5) is 0 Å². The minimum absolute atomic E-state index is 0.135. The van der Waals surface area contributed by atoms with E-state index in [0.29, 0.717) is 13.2 Å². The molecule has 0 fully saturated rings. The van der Waals surface area contributed by atoms with Crippen LogP contribution in [0.3, 0.4) is 0 Å². The predicted octanol–water partition coefficient (Wildman–Crippen LogP) is 0.817. The van der Waals surface area contributed by atoms with E-state index in [1.54, 1.807) is 6.92 Å². The van der Waals surface area contributed by atoms with Gasteiger partial charge in [0.1, 0.15) is 0 Å². The van der Waals surface area contributed by atoms with E-state index >= 15 is 0 Å². The third-order valence-electron chi connectivity index (χ3n) is 1.69. The molecule has 0 atom stereocenters. The zero-order valence-corrected chi connectivity index (χ0v) is 8.42. The average Bonchev–Trinajstić information content (AvgIpc) is 2.03. The van der Waals surface area contributed by atoms with Crippen LogP contribution in [0.5, 0.6) is 0 Å². The normalized spacial score (nSPS) is 11.3. The Balaban J connectivity index is 4.56. The third-order valence-corrected chi connectivity index (χ3v) is 1.69. The summed E-state index contributed by atoms with van der Waals surface area (Å²) in [6, 6.07) is 0. The Bertz CT molecular complexity index is 195. The SMILES string of the molecule is C=C(C(N)=O)C(C)(OCC)OCC. The number of ether oxygens (including phenoxy) is 2. The first kappa shape index (κ1) is 12.1. The Morgan fingerprint density at radius 2 is 1.77 bits per heavy atom. The Kier molecular flexibility index (Phi) is 4.66. The lowest BCUT2D eigenvalue weighted by Gasteiger charge is -2.29. The second-order valence-corrected chi connectivity index (χ2v) is 2.65. The minimum atomic E-state index is -1.09. The Morgan fingerprint density at radius 3 is 2.00 bits per heavy atom. The second-order valence-electron chi connectivity index (χ2n) is 2.65. The molecule has 13 heavy (non-hydrogen) atoms. The Hall–Kier alpha value is -0.870. The van der Waals surface area contributed by atoms with Gasteiger partial charge in [-0.05, 0) is 20.8 Å². The van der Waals surface area contributed by atoms with Gasteiger partial charge in [-0.3, -0.25) is 4.79 Å². The minimum Gasteiger partial charge on any atom is -0.366 e. The lowest BCUT2D eigenvalue weighted by atomic mass is 10.1. The zero-order chi connectivity index (χ0) is 10.5. The molecule has 0 radical (unpaired) electrons. The highest BCUT2D eigenvalue weighted by atomic mass is 16.7. The van der Waals surface area contributed by atoms with Crippen LogP contribution in [-0.2, 0) is 14.3 Å². The molecule has 0 aliphatic heterocycles. The molecule has 0 aromatic carbocycles. The molecule has 0 bridgehead atoms. The van der Waals surface area contributed by atoms with Crippen molar-refractivity contribution in [2.24, 2.45) is 5.73 Å². The summed E-state index contributed by atoms with van der Waals surface area (Å²) in [6.07, 6.45) is 0. The van der Waals surface area contributed by atoms with E-state index < -0.39 is 11.7 Å². The molecule has 0 unspecified atom stereocenters. The van der Waals surface area contributed by atoms with E-state index in [1.165, 1.54) is 0 Å². The van der Waals surface area contributed by atoms with E-state index in [0.717, 1.165) is 0 Å². The third kappa shape index (κ3) is 3.16. The number of hydrogen-bond acceptors (Lipinski definition) is 3. The molecule has 0 aliphatic carbocycles. The van der Waals surface area contributed by atoms with Gasteiger partial charge in [-0.1, -0.05) is 6.58 Å². The number of carbonyl (C=O) groups excluding carboxylic acids is 1. The van der Waals surface area contributed by atoms with Crippen molar-refractivity contribution in [1.82, 2.24) is 0 Å². The molecule has 0 rings (SSSR count). The molecule has 0 aromatic rings. The summed E-state index contributed by atoms with van der Waals surface area (Å²) in [4.78, 5) is 10.9. The summed E-state index contributed by atoms with van der Waals surface area (Å²) in [5.41, 5.74) is 5.22. The fraction of sp³-hybridized carbons (Fsp3) is 0.667. The zero-order valence-electron chi connectivity index (χ0n) is 8.42. The van der Waals surface area contributed by atoms with E-state index in [-0.39, 0.29) is 5.57 Å². The van der Waals surface area contributed by atoms with Crippen molar-refractivity contribution in [3.05, 3.63) is 12.2 Å². The quantitative estimate of drug-likeness (QED) is 0.494. The van der Waals surface area contributed by atoms with E-state index in [4.69, 9.17) is 15.2 Å². The van der Waals surface area contributed by atoms with E-state index in [9.17, 15) is 4.79 Å². The fourth-order valence-electron chi connectivity index (χ4n) is 0.991. The number of nitrogens with two attached hydrogens (primary N) is 1. The summed E-state index contributed by atoms with van der Waals surface area (Å²) >= 11 is 0. The highest BCUT2D eigenvalue weighted by molar-refractivity contribution is 5.92. The largest absolute Gasteiger partial charge is 0.366 e. The number of rotatable bonds is 6. The van der Waals surface area contributed by atoms with Crippen molar-refractivity contribution in [3.63, 3.8) is 0 Å². The lowest BCUT2D eigenvalue weighted by molar-refractivity contribution is -0.195. The summed E-state index contributed by atoms with van der Waals surface area (Å²) in [7, 11) is 0. The molecule has 1 amide bonds. The Morgan fingerprint density at radius 1 is 1.38 bits per heavy atom. The second kappa shape index (κ2) is 4.99. The van der Waals surface area contributed by atoms with Crippen molar-refractivity contribution in [1.29, 1.82) is 0 Å². The summed E-state index contributed by atoms with van der Waals surface area (Å²) in [5.74, 6) is -1.69. The standard InChI is InChI=1S/C9H17NO3/c1-5-12-9(4,13-6-2)7(3)8(10)11/h3,5-6H2,1-2,4H3,(H2,10,11). The smallest absolute Gasteiger partial charge is 0.249 e. The maximum absolute atomic E-state index is 10.9. The summed E-state index contributed by atoms with van der Waals surface area (Å²) < 4.78 is 10.5.